The molecule has 11 nitrogen and oxygen atoms in total. The van der Waals surface area contributed by atoms with Crippen LogP contribution in [0.1, 0.15) is 78.6 Å². The maximum atomic E-state index is 13.1. The van der Waals surface area contributed by atoms with Crippen LogP contribution >= 0.6 is 0 Å². The fourth-order valence-corrected chi connectivity index (χ4v) is 5.78. The van der Waals surface area contributed by atoms with Crippen molar-refractivity contribution in [1.82, 2.24) is 4.90 Å². The smallest absolute Gasteiger partial charge is 0.412 e. The number of anilines is 1. The van der Waals surface area contributed by atoms with Crippen molar-refractivity contribution in [3.8, 4) is 0 Å². The van der Waals surface area contributed by atoms with E-state index in [1.54, 1.807) is 0 Å². The van der Waals surface area contributed by atoms with E-state index in [2.05, 4.69) is 17.1 Å². The molecular formula is C29H45N3O8. The van der Waals surface area contributed by atoms with Crippen LogP contribution in [0.15, 0.2) is 24.3 Å². The van der Waals surface area contributed by atoms with Gasteiger partial charge in [0.15, 0.2) is 18.0 Å². The summed E-state index contributed by atoms with van der Waals surface area (Å²) in [5.41, 5.74) is 0.328. The Bertz CT molecular complexity index is 967. The number of ether oxygens (including phenoxy) is 5. The Morgan fingerprint density at radius 3 is 2.45 bits per heavy atom. The zero-order valence-corrected chi connectivity index (χ0v) is 24.1. The van der Waals surface area contributed by atoms with Gasteiger partial charge in [-0.25, -0.2) is 4.79 Å². The molecule has 3 fully saturated rings. The number of nitrogens with zero attached hydrogens (tertiary/aromatic N) is 2. The summed E-state index contributed by atoms with van der Waals surface area (Å²) in [6.07, 6.45) is 7.74. The lowest BCUT2D eigenvalue weighted by molar-refractivity contribution is -0.384. The molecule has 0 radical (unpaired) electrons. The number of hydrogen-bond acceptors (Lipinski definition) is 9. The first-order valence-electron chi connectivity index (χ1n) is 14.8. The summed E-state index contributed by atoms with van der Waals surface area (Å²) in [6.45, 7) is 9.10. The van der Waals surface area contributed by atoms with Gasteiger partial charge in [-0.2, -0.15) is 0 Å². The van der Waals surface area contributed by atoms with Crippen LogP contribution in [0, 0.1) is 10.1 Å². The predicted molar refractivity (Wildman–Crippen MR) is 149 cm³/mol. The van der Waals surface area contributed by atoms with Gasteiger partial charge in [0.2, 0.25) is 5.79 Å². The fraction of sp³-hybridized carbons (Fsp3) is 0.759. The van der Waals surface area contributed by atoms with Crippen LogP contribution in [0.25, 0.3) is 0 Å². The van der Waals surface area contributed by atoms with Crippen LogP contribution in [0.4, 0.5) is 16.2 Å². The van der Waals surface area contributed by atoms with Gasteiger partial charge in [-0.1, -0.05) is 45.4 Å². The fourth-order valence-electron chi connectivity index (χ4n) is 5.78. The van der Waals surface area contributed by atoms with Gasteiger partial charge in [-0.15, -0.1) is 0 Å². The third-order valence-electron chi connectivity index (χ3n) is 7.68. The van der Waals surface area contributed by atoms with E-state index in [4.69, 9.17) is 23.7 Å². The molecule has 3 aliphatic heterocycles. The van der Waals surface area contributed by atoms with Crippen molar-refractivity contribution in [2.45, 2.75) is 108 Å². The molecule has 0 saturated carbocycles. The minimum atomic E-state index is -1.19. The van der Waals surface area contributed by atoms with E-state index in [-0.39, 0.29) is 12.3 Å². The van der Waals surface area contributed by atoms with Gasteiger partial charge in [0.05, 0.1) is 4.92 Å². The number of fused-ring (bicyclic) bond motifs is 1. The molecule has 11 heteroatoms. The summed E-state index contributed by atoms with van der Waals surface area (Å²) in [4.78, 5) is 25.9. The van der Waals surface area contributed by atoms with Gasteiger partial charge in [-0.05, 0) is 58.3 Å². The van der Waals surface area contributed by atoms with Crippen LogP contribution in [0.2, 0.25) is 0 Å². The molecule has 1 aromatic carbocycles. The highest BCUT2D eigenvalue weighted by molar-refractivity contribution is 5.84. The monoisotopic (exact) mass is 563 g/mol. The van der Waals surface area contributed by atoms with Gasteiger partial charge in [-0.3, -0.25) is 15.4 Å². The molecule has 1 N–H and O–H groups in total. The van der Waals surface area contributed by atoms with Crippen molar-refractivity contribution >= 4 is 17.5 Å². The van der Waals surface area contributed by atoms with E-state index in [1.165, 1.54) is 56.4 Å². The van der Waals surface area contributed by atoms with Crippen molar-refractivity contribution in [2.24, 2.45) is 0 Å². The molecule has 0 spiro atoms. The predicted octanol–water partition coefficient (Wildman–Crippen LogP) is 5.62. The Balaban J connectivity index is 1.46. The quantitative estimate of drug-likeness (QED) is 0.185. The minimum absolute atomic E-state index is 0.0606. The van der Waals surface area contributed by atoms with Gasteiger partial charge >= 0.3 is 6.09 Å². The molecule has 0 aromatic heterocycles. The summed E-state index contributed by atoms with van der Waals surface area (Å²) in [5.74, 6) is -2.14. The van der Waals surface area contributed by atoms with Crippen molar-refractivity contribution in [3.63, 3.8) is 0 Å². The van der Waals surface area contributed by atoms with Crippen molar-refractivity contribution < 1.29 is 33.4 Å². The van der Waals surface area contributed by atoms with Gasteiger partial charge < -0.3 is 28.6 Å². The molecule has 40 heavy (non-hydrogen) atoms. The topological polar surface area (TPSA) is 122 Å². The second-order valence-electron chi connectivity index (χ2n) is 11.5. The molecule has 3 aliphatic rings. The number of unbranched alkanes of at least 4 members (excludes halogenated alkanes) is 4. The van der Waals surface area contributed by atoms with E-state index < -0.39 is 40.9 Å². The highest BCUT2D eigenvalue weighted by Crippen LogP contribution is 2.47. The van der Waals surface area contributed by atoms with E-state index in [0.717, 1.165) is 38.8 Å². The van der Waals surface area contributed by atoms with Crippen LogP contribution < -0.4 is 5.32 Å². The summed E-state index contributed by atoms with van der Waals surface area (Å²) in [5, 5.41) is 13.6. The molecule has 3 heterocycles. The van der Waals surface area contributed by atoms with Crippen LogP contribution in [0.3, 0.4) is 0 Å². The molecule has 3 saturated heterocycles. The first kappa shape index (κ1) is 30.6. The first-order valence-corrected chi connectivity index (χ1v) is 14.8. The number of likely N-dealkylation sites (tertiary alicyclic amines) is 1. The summed E-state index contributed by atoms with van der Waals surface area (Å²) in [6, 6.07) is 5.60. The Labute approximate surface area is 236 Å². The molecular weight excluding hydrogens is 518 g/mol. The number of amides is 1. The van der Waals surface area contributed by atoms with Crippen molar-refractivity contribution in [2.75, 3.05) is 38.2 Å². The van der Waals surface area contributed by atoms with E-state index in [9.17, 15) is 14.9 Å². The highest BCUT2D eigenvalue weighted by Gasteiger charge is 2.66. The standard InChI is InChI=1S/C29H45N3O8/c1-4-5-6-9-12-19-36-21-29-26(39-28(2,3)40-29)25(24(38-29)20-31-17-10-7-8-11-18-31)37-27(33)30-22-13-15-23(16-14-22)32(34)35/h13-16,24-26H,4-12,17-21H2,1-3H3,(H,30,33)/t24-,25+,26-,29-/m0/s1. The number of nitro groups is 1. The van der Waals surface area contributed by atoms with Gasteiger partial charge in [0.25, 0.3) is 5.69 Å². The number of non-ortho nitro benzene ring substituents is 1. The van der Waals surface area contributed by atoms with Crippen LogP contribution in [-0.2, 0) is 23.7 Å². The zero-order chi connectivity index (χ0) is 28.6. The maximum absolute atomic E-state index is 13.1. The SMILES string of the molecule is CCCCCCCOC[C@@]12O[C@@H](CN3CCCCCC3)[C@@H](OC(=O)Nc3ccc([N+](=O)[O-])cc3)[C@@H]1OC(C)(C)O2. The molecule has 0 unspecified atom stereocenters. The van der Waals surface area contributed by atoms with Crippen molar-refractivity contribution in [1.29, 1.82) is 0 Å². The minimum Gasteiger partial charge on any atom is -0.440 e. The Morgan fingerprint density at radius 1 is 1.07 bits per heavy atom. The van der Waals surface area contributed by atoms with E-state index in [1.807, 2.05) is 13.8 Å². The number of nitrogens with one attached hydrogen (secondary N) is 1. The zero-order valence-electron chi connectivity index (χ0n) is 24.1. The Morgan fingerprint density at radius 2 is 1.77 bits per heavy atom. The normalized spacial score (nSPS) is 28.1. The van der Waals surface area contributed by atoms with Crippen molar-refractivity contribution in [3.05, 3.63) is 34.4 Å². The number of carbonyl (C=O) groups is 1. The summed E-state index contributed by atoms with van der Waals surface area (Å²) in [7, 11) is 0. The Kier molecular flexibility index (Phi) is 10.8. The van der Waals surface area contributed by atoms with E-state index in [0.29, 0.717) is 18.8 Å². The summed E-state index contributed by atoms with van der Waals surface area (Å²) >= 11 is 0. The summed E-state index contributed by atoms with van der Waals surface area (Å²) < 4.78 is 31.3. The molecule has 0 aliphatic carbocycles. The number of benzene rings is 1. The van der Waals surface area contributed by atoms with Gasteiger partial charge in [0, 0.05) is 31.0 Å². The third kappa shape index (κ3) is 8.13. The molecule has 1 aromatic rings. The van der Waals surface area contributed by atoms with Crippen LogP contribution in [-0.4, -0.2) is 78.7 Å². The average Bonchev–Trinajstić information content (AvgIpc) is 3.15. The van der Waals surface area contributed by atoms with Gasteiger partial charge in [0.1, 0.15) is 12.7 Å². The number of rotatable bonds is 13. The second-order valence-corrected chi connectivity index (χ2v) is 11.5. The molecule has 4 rings (SSSR count). The molecule has 224 valence electrons. The number of hydrogen-bond donors (Lipinski definition) is 1. The first-order chi connectivity index (χ1) is 19.2. The number of carbonyl (C=O) groups excluding carboxylic acids is 1. The Hall–Kier alpha value is -2.31. The second kappa shape index (κ2) is 14.0. The highest BCUT2D eigenvalue weighted by atomic mass is 16.9. The third-order valence-corrected chi connectivity index (χ3v) is 7.68. The maximum Gasteiger partial charge on any atom is 0.412 e. The lowest BCUT2D eigenvalue weighted by atomic mass is 10.0. The lowest BCUT2D eigenvalue weighted by Crippen LogP contribution is -2.46. The molecule has 0 bridgehead atoms. The van der Waals surface area contributed by atoms with E-state index >= 15 is 0 Å². The lowest BCUT2D eigenvalue weighted by Gasteiger charge is -2.31. The number of nitro benzene ring substituents is 1. The molecule has 1 amide bonds. The molecule has 4 atom stereocenters. The van der Waals surface area contributed by atoms with Crippen LogP contribution in [0.5, 0.6) is 0 Å². The largest absolute Gasteiger partial charge is 0.440 e. The average molecular weight is 564 g/mol.